The zero-order valence-electron chi connectivity index (χ0n) is 18.5. The van der Waals surface area contributed by atoms with Gasteiger partial charge in [-0.25, -0.2) is 4.99 Å². The minimum absolute atomic E-state index is 0.158. The molecule has 1 saturated heterocycles. The number of methoxy groups -OCH3 is 2. The Morgan fingerprint density at radius 2 is 1.55 bits per heavy atom. The summed E-state index contributed by atoms with van der Waals surface area (Å²) in [5.74, 6) is 2.37. The van der Waals surface area contributed by atoms with E-state index in [4.69, 9.17) is 14.2 Å². The molecule has 0 saturated carbocycles. The standard InChI is InChI=1S/C25H32N2O4/c1-29-22-7-5-20(6-8-22)17-21(19-27-14-3-4-15-27)18-26-25(28)13-16-31-24-11-9-23(30-2)10-12-24/h5-12,18,21H,3-4,13-17,19H2,1-2H3. The molecule has 2 aromatic rings. The molecular formula is C25H32N2O4. The van der Waals surface area contributed by atoms with Crippen molar-refractivity contribution in [3.63, 3.8) is 0 Å². The Hall–Kier alpha value is -2.86. The van der Waals surface area contributed by atoms with Gasteiger partial charge in [-0.3, -0.25) is 4.79 Å². The monoisotopic (exact) mass is 424 g/mol. The number of benzene rings is 2. The molecule has 1 aliphatic rings. The van der Waals surface area contributed by atoms with Crippen molar-refractivity contribution < 1.29 is 19.0 Å². The molecule has 0 N–H and O–H groups in total. The lowest BCUT2D eigenvalue weighted by molar-refractivity contribution is -0.118. The van der Waals surface area contributed by atoms with E-state index in [1.54, 1.807) is 14.2 Å². The minimum Gasteiger partial charge on any atom is -0.497 e. The second-order valence-corrected chi connectivity index (χ2v) is 7.77. The lowest BCUT2D eigenvalue weighted by Gasteiger charge is -2.20. The van der Waals surface area contributed by atoms with Crippen LogP contribution in [0.4, 0.5) is 0 Å². The molecule has 0 spiro atoms. The SMILES string of the molecule is COc1ccc(CC(C=NC(=O)CCOc2ccc(OC)cc2)CN2CCCC2)cc1. The molecule has 3 rings (SSSR count). The highest BCUT2D eigenvalue weighted by Gasteiger charge is 2.17. The van der Waals surface area contributed by atoms with Crippen LogP contribution in [0, 0.1) is 5.92 Å². The third-order valence-corrected chi connectivity index (χ3v) is 5.42. The second kappa shape index (κ2) is 12.1. The van der Waals surface area contributed by atoms with Crippen LogP contribution in [0.15, 0.2) is 53.5 Å². The average Bonchev–Trinajstić information content (AvgIpc) is 3.31. The molecule has 1 fully saturated rings. The second-order valence-electron chi connectivity index (χ2n) is 7.77. The van der Waals surface area contributed by atoms with Crippen LogP contribution in [0.25, 0.3) is 0 Å². The maximum Gasteiger partial charge on any atom is 0.248 e. The highest BCUT2D eigenvalue weighted by Crippen LogP contribution is 2.18. The van der Waals surface area contributed by atoms with Crippen molar-refractivity contribution >= 4 is 12.1 Å². The summed E-state index contributed by atoms with van der Waals surface area (Å²) in [6.07, 6.45) is 5.42. The minimum atomic E-state index is -0.158. The van der Waals surface area contributed by atoms with Gasteiger partial charge in [0, 0.05) is 18.7 Å². The topological polar surface area (TPSA) is 60.4 Å². The Labute approximate surface area is 184 Å². The van der Waals surface area contributed by atoms with Gasteiger partial charge >= 0.3 is 0 Å². The summed E-state index contributed by atoms with van der Waals surface area (Å²) in [7, 11) is 3.29. The molecule has 31 heavy (non-hydrogen) atoms. The first-order valence-corrected chi connectivity index (χ1v) is 10.9. The van der Waals surface area contributed by atoms with E-state index in [1.165, 1.54) is 18.4 Å². The van der Waals surface area contributed by atoms with Gasteiger partial charge in [0.15, 0.2) is 0 Å². The summed E-state index contributed by atoms with van der Waals surface area (Å²) >= 11 is 0. The maximum atomic E-state index is 12.3. The smallest absolute Gasteiger partial charge is 0.248 e. The van der Waals surface area contributed by atoms with Crippen LogP contribution in [0.1, 0.15) is 24.8 Å². The summed E-state index contributed by atoms with van der Waals surface area (Å²) in [6.45, 7) is 3.47. The van der Waals surface area contributed by atoms with Gasteiger partial charge in [-0.15, -0.1) is 0 Å². The van der Waals surface area contributed by atoms with Gasteiger partial charge < -0.3 is 19.1 Å². The molecule has 1 heterocycles. The molecule has 1 atom stereocenters. The Morgan fingerprint density at radius 3 is 2.16 bits per heavy atom. The summed E-state index contributed by atoms with van der Waals surface area (Å²) in [5, 5.41) is 0. The number of nitrogens with zero attached hydrogens (tertiary/aromatic N) is 2. The number of carbonyl (C=O) groups is 1. The number of hydrogen-bond donors (Lipinski definition) is 0. The summed E-state index contributed by atoms with van der Waals surface area (Å²) < 4.78 is 16.0. The van der Waals surface area contributed by atoms with E-state index in [-0.39, 0.29) is 18.2 Å². The van der Waals surface area contributed by atoms with Crippen LogP contribution < -0.4 is 14.2 Å². The largest absolute Gasteiger partial charge is 0.497 e. The number of carbonyl (C=O) groups excluding carboxylic acids is 1. The van der Waals surface area contributed by atoms with Crippen molar-refractivity contribution in [1.29, 1.82) is 0 Å². The number of ether oxygens (including phenoxy) is 3. The highest BCUT2D eigenvalue weighted by molar-refractivity contribution is 5.85. The quantitative estimate of drug-likeness (QED) is 0.510. The number of rotatable bonds is 11. The molecule has 0 bridgehead atoms. The molecule has 2 aromatic carbocycles. The van der Waals surface area contributed by atoms with Gasteiger partial charge in [-0.05, 0) is 74.3 Å². The highest BCUT2D eigenvalue weighted by atomic mass is 16.5. The zero-order chi connectivity index (χ0) is 21.9. The lowest BCUT2D eigenvalue weighted by atomic mass is 9.99. The zero-order valence-corrected chi connectivity index (χ0v) is 18.5. The summed E-state index contributed by atoms with van der Waals surface area (Å²) in [5.41, 5.74) is 1.21. The Kier molecular flexibility index (Phi) is 8.91. The fourth-order valence-corrected chi connectivity index (χ4v) is 3.71. The van der Waals surface area contributed by atoms with Crippen LogP contribution >= 0.6 is 0 Å². The van der Waals surface area contributed by atoms with E-state index in [1.807, 2.05) is 42.6 Å². The number of aliphatic imine (C=N–C) groups is 1. The number of amides is 1. The average molecular weight is 425 g/mol. The van der Waals surface area contributed by atoms with E-state index in [0.717, 1.165) is 37.6 Å². The van der Waals surface area contributed by atoms with Crippen molar-refractivity contribution in [2.24, 2.45) is 10.9 Å². The van der Waals surface area contributed by atoms with Crippen LogP contribution in [0.3, 0.4) is 0 Å². The first-order valence-electron chi connectivity index (χ1n) is 10.9. The first-order chi connectivity index (χ1) is 15.2. The lowest BCUT2D eigenvalue weighted by Crippen LogP contribution is -2.29. The van der Waals surface area contributed by atoms with Gasteiger partial charge in [0.25, 0.3) is 0 Å². The molecule has 0 aromatic heterocycles. The molecule has 0 radical (unpaired) electrons. The van der Waals surface area contributed by atoms with Crippen molar-refractivity contribution in [3.8, 4) is 17.2 Å². The normalized spacial score (nSPS) is 15.2. The van der Waals surface area contributed by atoms with E-state index < -0.39 is 0 Å². The third kappa shape index (κ3) is 7.72. The fourth-order valence-electron chi connectivity index (χ4n) is 3.71. The first kappa shape index (κ1) is 22.8. The number of likely N-dealkylation sites (tertiary alicyclic amines) is 1. The molecular weight excluding hydrogens is 392 g/mol. The van der Waals surface area contributed by atoms with Crippen LogP contribution in [0.2, 0.25) is 0 Å². The third-order valence-electron chi connectivity index (χ3n) is 5.42. The van der Waals surface area contributed by atoms with Gasteiger partial charge in [0.2, 0.25) is 5.91 Å². The van der Waals surface area contributed by atoms with Crippen molar-refractivity contribution in [1.82, 2.24) is 4.90 Å². The summed E-state index contributed by atoms with van der Waals surface area (Å²) in [4.78, 5) is 19.0. The van der Waals surface area contributed by atoms with E-state index >= 15 is 0 Å². The predicted molar refractivity (Wildman–Crippen MR) is 122 cm³/mol. The van der Waals surface area contributed by atoms with Crippen molar-refractivity contribution in [2.45, 2.75) is 25.7 Å². The molecule has 1 unspecified atom stereocenters. The van der Waals surface area contributed by atoms with Gasteiger partial charge in [0.1, 0.15) is 17.2 Å². The molecule has 1 aliphatic heterocycles. The predicted octanol–water partition coefficient (Wildman–Crippen LogP) is 4.02. The summed E-state index contributed by atoms with van der Waals surface area (Å²) in [6, 6.07) is 15.4. The Balaban J connectivity index is 1.51. The van der Waals surface area contributed by atoms with E-state index in [9.17, 15) is 4.79 Å². The van der Waals surface area contributed by atoms with Gasteiger partial charge in [-0.1, -0.05) is 12.1 Å². The van der Waals surface area contributed by atoms with Gasteiger partial charge in [0.05, 0.1) is 27.2 Å². The van der Waals surface area contributed by atoms with Crippen molar-refractivity contribution in [2.75, 3.05) is 40.5 Å². The Morgan fingerprint density at radius 1 is 0.968 bits per heavy atom. The van der Waals surface area contributed by atoms with Gasteiger partial charge in [-0.2, -0.15) is 0 Å². The molecule has 0 aliphatic carbocycles. The van der Waals surface area contributed by atoms with Crippen LogP contribution in [0.5, 0.6) is 17.2 Å². The number of hydrogen-bond acceptors (Lipinski definition) is 5. The fraction of sp³-hybridized carbons (Fsp3) is 0.440. The van der Waals surface area contributed by atoms with E-state index in [0.29, 0.717) is 12.4 Å². The molecule has 6 nitrogen and oxygen atoms in total. The maximum absolute atomic E-state index is 12.3. The van der Waals surface area contributed by atoms with Crippen LogP contribution in [-0.2, 0) is 11.2 Å². The molecule has 166 valence electrons. The molecule has 6 heteroatoms. The Bertz CT molecular complexity index is 828. The molecule has 1 amide bonds. The van der Waals surface area contributed by atoms with Crippen molar-refractivity contribution in [3.05, 3.63) is 54.1 Å². The van der Waals surface area contributed by atoms with E-state index in [2.05, 4.69) is 22.0 Å². The van der Waals surface area contributed by atoms with Crippen LogP contribution in [-0.4, -0.2) is 57.5 Å².